The van der Waals surface area contributed by atoms with Gasteiger partial charge in [-0.1, -0.05) is 19.9 Å². The predicted octanol–water partition coefficient (Wildman–Crippen LogP) is 2.39. The van der Waals surface area contributed by atoms with Gasteiger partial charge < -0.3 is 0 Å². The summed E-state index contributed by atoms with van der Waals surface area (Å²) in [5.74, 6) is 0. The molecule has 1 aliphatic rings. The van der Waals surface area contributed by atoms with Crippen molar-refractivity contribution in [2.75, 3.05) is 0 Å². The monoisotopic (exact) mass is 123 g/mol. The molecule has 1 aliphatic heterocycles. The highest BCUT2D eigenvalue weighted by Gasteiger charge is 2.20. The molecule has 0 saturated carbocycles. The minimum absolute atomic E-state index is 0.300. The van der Waals surface area contributed by atoms with Gasteiger partial charge in [-0.2, -0.15) is 0 Å². The average Bonchev–Trinajstić information content (AvgIpc) is 1.77. The molecule has 0 amide bonds. The summed E-state index contributed by atoms with van der Waals surface area (Å²) in [6.45, 7) is 6.52. The van der Waals surface area contributed by atoms with Crippen LogP contribution in [-0.2, 0) is 0 Å². The second kappa shape index (κ2) is 1.98. The zero-order valence-corrected chi connectivity index (χ0v) is 6.31. The molecule has 0 aromatic carbocycles. The molecular weight excluding hydrogens is 110 g/mol. The number of aliphatic imine (C=N–C) groups is 1. The Morgan fingerprint density at radius 2 is 2.22 bits per heavy atom. The van der Waals surface area contributed by atoms with E-state index in [0.29, 0.717) is 5.41 Å². The Kier molecular flexibility index (Phi) is 1.43. The van der Waals surface area contributed by atoms with Gasteiger partial charge in [-0.25, -0.2) is 0 Å². The molecule has 0 unspecified atom stereocenters. The van der Waals surface area contributed by atoms with Gasteiger partial charge in [0, 0.05) is 17.3 Å². The minimum Gasteiger partial charge on any atom is -0.266 e. The zero-order chi connectivity index (χ0) is 6.91. The molecule has 0 saturated heterocycles. The summed E-state index contributed by atoms with van der Waals surface area (Å²) >= 11 is 0. The van der Waals surface area contributed by atoms with Crippen LogP contribution < -0.4 is 0 Å². The lowest BCUT2D eigenvalue weighted by molar-refractivity contribution is 0.523. The van der Waals surface area contributed by atoms with E-state index in [1.807, 2.05) is 6.20 Å². The second-order valence-corrected chi connectivity index (χ2v) is 3.19. The smallest absolute Gasteiger partial charge is 0.0227 e. The van der Waals surface area contributed by atoms with E-state index >= 15 is 0 Å². The highest BCUT2D eigenvalue weighted by Crippen LogP contribution is 2.25. The van der Waals surface area contributed by atoms with Crippen LogP contribution in [0.3, 0.4) is 0 Å². The summed E-state index contributed by atoms with van der Waals surface area (Å²) in [5, 5.41) is 0. The maximum Gasteiger partial charge on any atom is 0.0227 e. The first kappa shape index (κ1) is 6.53. The SMILES string of the molecule is CC1=NC=CCC1(C)C. The lowest BCUT2D eigenvalue weighted by Crippen LogP contribution is -2.22. The molecular formula is C8H13N. The van der Waals surface area contributed by atoms with Crippen molar-refractivity contribution < 1.29 is 0 Å². The van der Waals surface area contributed by atoms with Crippen LogP contribution in [0, 0.1) is 5.41 Å². The zero-order valence-electron chi connectivity index (χ0n) is 6.31. The molecule has 1 heteroatoms. The van der Waals surface area contributed by atoms with E-state index in [1.54, 1.807) is 0 Å². The van der Waals surface area contributed by atoms with E-state index in [9.17, 15) is 0 Å². The summed E-state index contributed by atoms with van der Waals surface area (Å²) in [7, 11) is 0. The van der Waals surface area contributed by atoms with Gasteiger partial charge in [-0.05, 0) is 13.3 Å². The highest BCUT2D eigenvalue weighted by atomic mass is 14.7. The lowest BCUT2D eigenvalue weighted by atomic mass is 9.83. The fourth-order valence-electron chi connectivity index (χ4n) is 0.834. The number of nitrogens with zero attached hydrogens (tertiary/aromatic N) is 1. The van der Waals surface area contributed by atoms with Crippen LogP contribution in [0.4, 0.5) is 0 Å². The molecule has 0 bridgehead atoms. The summed E-state index contributed by atoms with van der Waals surface area (Å²) in [5.41, 5.74) is 1.54. The molecule has 0 radical (unpaired) electrons. The summed E-state index contributed by atoms with van der Waals surface area (Å²) in [6.07, 6.45) is 5.13. The first-order valence-corrected chi connectivity index (χ1v) is 3.33. The van der Waals surface area contributed by atoms with Gasteiger partial charge >= 0.3 is 0 Å². The first-order valence-electron chi connectivity index (χ1n) is 3.33. The molecule has 0 N–H and O–H groups in total. The molecule has 9 heavy (non-hydrogen) atoms. The Balaban J connectivity index is 2.83. The van der Waals surface area contributed by atoms with Gasteiger partial charge in [-0.15, -0.1) is 0 Å². The van der Waals surface area contributed by atoms with Gasteiger partial charge in [0.25, 0.3) is 0 Å². The molecule has 0 fully saturated rings. The Hall–Kier alpha value is -0.590. The number of allylic oxidation sites excluding steroid dienone is 1. The molecule has 1 rings (SSSR count). The van der Waals surface area contributed by atoms with Crippen LogP contribution in [0.25, 0.3) is 0 Å². The van der Waals surface area contributed by atoms with E-state index in [0.717, 1.165) is 6.42 Å². The summed E-state index contributed by atoms with van der Waals surface area (Å²) in [4.78, 5) is 4.22. The highest BCUT2D eigenvalue weighted by molar-refractivity contribution is 5.88. The molecule has 1 heterocycles. The van der Waals surface area contributed by atoms with Crippen LogP contribution in [0.2, 0.25) is 0 Å². The minimum atomic E-state index is 0.300. The van der Waals surface area contributed by atoms with Crippen molar-refractivity contribution in [1.82, 2.24) is 0 Å². The molecule has 0 aromatic rings. The van der Waals surface area contributed by atoms with E-state index in [4.69, 9.17) is 0 Å². The van der Waals surface area contributed by atoms with Gasteiger partial charge in [0.1, 0.15) is 0 Å². The van der Waals surface area contributed by atoms with Crippen molar-refractivity contribution in [2.45, 2.75) is 27.2 Å². The van der Waals surface area contributed by atoms with Crippen molar-refractivity contribution in [3.05, 3.63) is 12.3 Å². The van der Waals surface area contributed by atoms with Crippen molar-refractivity contribution in [3.8, 4) is 0 Å². The predicted molar refractivity (Wildman–Crippen MR) is 40.6 cm³/mol. The van der Waals surface area contributed by atoms with Gasteiger partial charge in [-0.3, -0.25) is 4.99 Å². The number of rotatable bonds is 0. The average molecular weight is 123 g/mol. The Morgan fingerprint density at radius 1 is 1.56 bits per heavy atom. The fourth-order valence-corrected chi connectivity index (χ4v) is 0.834. The van der Waals surface area contributed by atoms with Crippen LogP contribution in [0.1, 0.15) is 27.2 Å². The third-order valence-corrected chi connectivity index (χ3v) is 1.98. The van der Waals surface area contributed by atoms with Crippen molar-refractivity contribution in [2.24, 2.45) is 10.4 Å². The number of hydrogen-bond acceptors (Lipinski definition) is 1. The van der Waals surface area contributed by atoms with E-state index in [1.165, 1.54) is 5.71 Å². The van der Waals surface area contributed by atoms with Crippen LogP contribution in [0.15, 0.2) is 17.3 Å². The van der Waals surface area contributed by atoms with Crippen molar-refractivity contribution in [1.29, 1.82) is 0 Å². The molecule has 0 aliphatic carbocycles. The van der Waals surface area contributed by atoms with Crippen LogP contribution in [0.5, 0.6) is 0 Å². The second-order valence-electron chi connectivity index (χ2n) is 3.19. The maximum atomic E-state index is 4.22. The van der Waals surface area contributed by atoms with E-state index < -0.39 is 0 Å². The third-order valence-electron chi connectivity index (χ3n) is 1.98. The summed E-state index contributed by atoms with van der Waals surface area (Å²) in [6, 6.07) is 0. The van der Waals surface area contributed by atoms with Crippen LogP contribution in [-0.4, -0.2) is 5.71 Å². The van der Waals surface area contributed by atoms with Gasteiger partial charge in [0.15, 0.2) is 0 Å². The Morgan fingerprint density at radius 3 is 2.56 bits per heavy atom. The number of hydrogen-bond donors (Lipinski definition) is 0. The fraction of sp³-hybridized carbons (Fsp3) is 0.625. The Bertz CT molecular complexity index is 163. The molecule has 0 aromatic heterocycles. The molecule has 1 nitrogen and oxygen atoms in total. The van der Waals surface area contributed by atoms with Crippen molar-refractivity contribution >= 4 is 5.71 Å². The van der Waals surface area contributed by atoms with Gasteiger partial charge in [0.2, 0.25) is 0 Å². The topological polar surface area (TPSA) is 12.4 Å². The van der Waals surface area contributed by atoms with Gasteiger partial charge in [0.05, 0.1) is 0 Å². The standard InChI is InChI=1S/C8H13N/c1-7-8(2,3)5-4-6-9-7/h4,6H,5H2,1-3H3. The maximum absolute atomic E-state index is 4.22. The Labute approximate surface area is 56.5 Å². The third kappa shape index (κ3) is 1.21. The summed E-state index contributed by atoms with van der Waals surface area (Å²) < 4.78 is 0. The van der Waals surface area contributed by atoms with Crippen molar-refractivity contribution in [3.63, 3.8) is 0 Å². The normalized spacial score (nSPS) is 23.7. The first-order chi connectivity index (χ1) is 4.13. The quantitative estimate of drug-likeness (QED) is 0.469. The largest absolute Gasteiger partial charge is 0.266 e. The van der Waals surface area contributed by atoms with E-state index in [2.05, 4.69) is 31.8 Å². The molecule has 50 valence electrons. The molecule has 0 atom stereocenters. The van der Waals surface area contributed by atoms with E-state index in [-0.39, 0.29) is 0 Å². The van der Waals surface area contributed by atoms with Crippen LogP contribution >= 0.6 is 0 Å². The lowest BCUT2D eigenvalue weighted by Gasteiger charge is -2.24. The molecule has 0 spiro atoms.